The molecule has 5 rings (SSSR count). The van der Waals surface area contributed by atoms with Gasteiger partial charge in [-0.1, -0.05) is 5.21 Å². The predicted molar refractivity (Wildman–Crippen MR) is 103 cm³/mol. The zero-order valence-electron chi connectivity index (χ0n) is 15.0. The number of aliphatic hydroxyl groups is 2. The van der Waals surface area contributed by atoms with Crippen molar-refractivity contribution < 1.29 is 14.9 Å². The fraction of sp³-hybridized carbons (Fsp3) is 0.316. The number of rotatable bonds is 7. The van der Waals surface area contributed by atoms with Crippen molar-refractivity contribution in [2.24, 2.45) is 0 Å². The average molecular weight is 397 g/mol. The Hall–Kier alpha value is -2.75. The Bertz CT molecular complexity index is 1100. The van der Waals surface area contributed by atoms with Gasteiger partial charge in [-0.15, -0.1) is 16.4 Å². The van der Waals surface area contributed by atoms with Crippen LogP contribution in [0.1, 0.15) is 41.1 Å². The van der Waals surface area contributed by atoms with Crippen LogP contribution in [0.5, 0.6) is 5.75 Å². The van der Waals surface area contributed by atoms with E-state index in [9.17, 15) is 5.11 Å². The summed E-state index contributed by atoms with van der Waals surface area (Å²) in [6, 6.07) is 7.32. The summed E-state index contributed by atoms with van der Waals surface area (Å²) in [5.74, 6) is 1.20. The van der Waals surface area contributed by atoms with Crippen LogP contribution in [0, 0.1) is 0 Å². The number of thiazole rings is 1. The zero-order valence-corrected chi connectivity index (χ0v) is 15.8. The molecule has 9 heteroatoms. The summed E-state index contributed by atoms with van der Waals surface area (Å²) in [4.78, 5) is 6.44. The lowest BCUT2D eigenvalue weighted by molar-refractivity contribution is 0.201. The number of imidazole rings is 1. The first kappa shape index (κ1) is 17.4. The van der Waals surface area contributed by atoms with Crippen molar-refractivity contribution in [3.63, 3.8) is 0 Å². The fourth-order valence-corrected chi connectivity index (χ4v) is 4.55. The van der Waals surface area contributed by atoms with Crippen LogP contribution in [0.15, 0.2) is 43.0 Å². The van der Waals surface area contributed by atoms with Gasteiger partial charge >= 0.3 is 0 Å². The number of hydrogen-bond donors (Lipinski definition) is 2. The van der Waals surface area contributed by atoms with Crippen LogP contribution < -0.4 is 4.74 Å². The smallest absolute Gasteiger partial charge is 0.141 e. The van der Waals surface area contributed by atoms with Crippen LogP contribution in [0.4, 0.5) is 0 Å². The Kier molecular flexibility index (Phi) is 4.34. The largest absolute Gasteiger partial charge is 0.491 e. The molecule has 0 radical (unpaired) electrons. The molecule has 1 aliphatic rings. The molecule has 8 nitrogen and oxygen atoms in total. The van der Waals surface area contributed by atoms with Gasteiger partial charge in [-0.25, -0.2) is 9.67 Å². The molecule has 144 valence electrons. The normalized spacial score (nSPS) is 15.2. The molecule has 0 bridgehead atoms. The minimum atomic E-state index is -0.862. The van der Waals surface area contributed by atoms with E-state index in [1.165, 1.54) is 4.88 Å². The van der Waals surface area contributed by atoms with Crippen molar-refractivity contribution in [3.8, 4) is 11.4 Å². The summed E-state index contributed by atoms with van der Waals surface area (Å²) in [5.41, 5.74) is 2.15. The van der Waals surface area contributed by atoms with E-state index in [1.54, 1.807) is 28.5 Å². The summed E-state index contributed by atoms with van der Waals surface area (Å²) in [5, 5.41) is 28.3. The van der Waals surface area contributed by atoms with Crippen molar-refractivity contribution >= 4 is 16.2 Å². The second-order valence-corrected chi connectivity index (χ2v) is 7.85. The second kappa shape index (κ2) is 7.01. The first-order valence-corrected chi connectivity index (χ1v) is 9.95. The van der Waals surface area contributed by atoms with Crippen LogP contribution in [0.25, 0.3) is 10.5 Å². The molecule has 28 heavy (non-hydrogen) atoms. The number of fused-ring (bicyclic) bond motifs is 1. The molecule has 3 aromatic heterocycles. The molecule has 1 unspecified atom stereocenters. The van der Waals surface area contributed by atoms with Crippen molar-refractivity contribution in [2.45, 2.75) is 24.9 Å². The van der Waals surface area contributed by atoms with Gasteiger partial charge in [-0.05, 0) is 43.0 Å². The van der Waals surface area contributed by atoms with Gasteiger partial charge < -0.3 is 14.9 Å². The van der Waals surface area contributed by atoms with Gasteiger partial charge in [-0.3, -0.25) is 4.40 Å². The van der Waals surface area contributed by atoms with Gasteiger partial charge in [-0.2, -0.15) is 0 Å². The quantitative estimate of drug-likeness (QED) is 0.497. The monoisotopic (exact) mass is 397 g/mol. The fourth-order valence-electron chi connectivity index (χ4n) is 3.25. The average Bonchev–Trinajstić information content (AvgIpc) is 3.13. The Morgan fingerprint density at radius 1 is 1.25 bits per heavy atom. The maximum absolute atomic E-state index is 11.1. The maximum atomic E-state index is 11.1. The van der Waals surface area contributed by atoms with Gasteiger partial charge in [0.15, 0.2) is 0 Å². The molecule has 0 saturated heterocycles. The van der Waals surface area contributed by atoms with E-state index in [0.29, 0.717) is 17.4 Å². The molecule has 1 aliphatic carbocycles. The molecule has 4 aromatic rings. The topological polar surface area (TPSA) is 97.7 Å². The lowest BCUT2D eigenvalue weighted by atomic mass is 10.1. The predicted octanol–water partition coefficient (Wildman–Crippen LogP) is 2.31. The molecular formula is C19H19N5O3S. The minimum absolute atomic E-state index is 0.0261. The molecule has 1 saturated carbocycles. The highest BCUT2D eigenvalue weighted by Gasteiger charge is 2.33. The van der Waals surface area contributed by atoms with E-state index in [4.69, 9.17) is 9.84 Å². The molecule has 1 fully saturated rings. The van der Waals surface area contributed by atoms with Crippen LogP contribution >= 0.6 is 11.3 Å². The molecule has 0 aliphatic heterocycles. The van der Waals surface area contributed by atoms with E-state index in [1.807, 2.05) is 34.9 Å². The van der Waals surface area contributed by atoms with Gasteiger partial charge in [0.1, 0.15) is 35.3 Å². The first-order chi connectivity index (χ1) is 13.7. The Morgan fingerprint density at radius 3 is 2.82 bits per heavy atom. The highest BCUT2D eigenvalue weighted by molar-refractivity contribution is 7.17. The minimum Gasteiger partial charge on any atom is -0.491 e. The van der Waals surface area contributed by atoms with Gasteiger partial charge in [0.2, 0.25) is 0 Å². The summed E-state index contributed by atoms with van der Waals surface area (Å²) in [7, 11) is 0. The third-order valence-electron chi connectivity index (χ3n) is 4.79. The molecule has 0 spiro atoms. The van der Waals surface area contributed by atoms with Crippen molar-refractivity contribution in [1.82, 2.24) is 24.4 Å². The molecule has 3 heterocycles. The summed E-state index contributed by atoms with van der Waals surface area (Å²) >= 11 is 1.69. The van der Waals surface area contributed by atoms with E-state index in [0.717, 1.165) is 29.1 Å². The summed E-state index contributed by atoms with van der Waals surface area (Å²) in [6.07, 6.45) is 6.77. The van der Waals surface area contributed by atoms with Crippen LogP contribution in [0.2, 0.25) is 0 Å². The Morgan fingerprint density at radius 2 is 2.07 bits per heavy atom. The first-order valence-electron chi connectivity index (χ1n) is 9.13. The third-order valence-corrected chi connectivity index (χ3v) is 6.06. The molecule has 2 N–H and O–H groups in total. The van der Waals surface area contributed by atoms with Crippen LogP contribution in [-0.4, -0.2) is 47.8 Å². The molecule has 1 atom stereocenters. The number of hydrogen-bond acceptors (Lipinski definition) is 7. The van der Waals surface area contributed by atoms with Gasteiger partial charge in [0, 0.05) is 4.88 Å². The summed E-state index contributed by atoms with van der Waals surface area (Å²) in [6.45, 7) is 0.230. The molecule has 0 amide bonds. The van der Waals surface area contributed by atoms with E-state index < -0.39 is 6.10 Å². The molecular weight excluding hydrogens is 378 g/mol. The van der Waals surface area contributed by atoms with Gasteiger partial charge in [0.05, 0.1) is 30.4 Å². The van der Waals surface area contributed by atoms with E-state index in [2.05, 4.69) is 15.3 Å². The number of ether oxygens (including phenoxy) is 1. The lowest BCUT2D eigenvalue weighted by Crippen LogP contribution is -2.06. The summed E-state index contributed by atoms with van der Waals surface area (Å²) < 4.78 is 8.95. The Labute approximate surface area is 164 Å². The third kappa shape index (κ3) is 3.07. The van der Waals surface area contributed by atoms with E-state index >= 15 is 0 Å². The van der Waals surface area contributed by atoms with Crippen LogP contribution in [0.3, 0.4) is 0 Å². The second-order valence-electron chi connectivity index (χ2n) is 6.78. The molecule has 1 aromatic carbocycles. The highest BCUT2D eigenvalue weighted by Crippen LogP contribution is 2.47. The van der Waals surface area contributed by atoms with E-state index in [-0.39, 0.29) is 13.2 Å². The number of benzene rings is 1. The Balaban J connectivity index is 1.43. The zero-order chi connectivity index (χ0) is 19.1. The van der Waals surface area contributed by atoms with Crippen molar-refractivity contribution in [3.05, 3.63) is 59.3 Å². The standard InChI is InChI=1S/C19H19N5O3S/c25-7-8-27-14-5-3-13(4-6-14)24-10-15(21-22-24)18(26)17-19(12-1-2-12)28-16-9-20-11-23(16)17/h3-6,9-12,18,25-26H,1-2,7-8H2. The SMILES string of the molecule is OCCOc1ccc(-n2cc(C(O)c3c(C4CC4)sc4cncn34)nn2)cc1. The number of nitrogens with zero attached hydrogens (tertiary/aromatic N) is 5. The number of aromatic nitrogens is 5. The lowest BCUT2D eigenvalue weighted by Gasteiger charge is -2.09. The van der Waals surface area contributed by atoms with Crippen molar-refractivity contribution in [1.29, 1.82) is 0 Å². The van der Waals surface area contributed by atoms with Crippen LogP contribution in [-0.2, 0) is 0 Å². The van der Waals surface area contributed by atoms with Crippen molar-refractivity contribution in [2.75, 3.05) is 13.2 Å². The number of aliphatic hydroxyl groups excluding tert-OH is 2. The highest BCUT2D eigenvalue weighted by atomic mass is 32.1. The van der Waals surface area contributed by atoms with Gasteiger partial charge in [0.25, 0.3) is 0 Å². The maximum Gasteiger partial charge on any atom is 0.141 e.